The van der Waals surface area contributed by atoms with Crippen LogP contribution < -0.4 is 0 Å². The first-order chi connectivity index (χ1) is 6.62. The van der Waals surface area contributed by atoms with Crippen LogP contribution in [0.2, 0.25) is 0 Å². The van der Waals surface area contributed by atoms with Gasteiger partial charge in [-0.15, -0.1) is 0 Å². The van der Waals surface area contributed by atoms with Crippen LogP contribution in [0.15, 0.2) is 12.2 Å². The fourth-order valence-electron chi connectivity index (χ4n) is 2.41. The second-order valence-electron chi connectivity index (χ2n) is 4.57. The zero-order chi connectivity index (χ0) is 10.2. The van der Waals surface area contributed by atoms with Crippen LogP contribution in [-0.2, 0) is 4.79 Å². The molecule has 2 aliphatic rings. The quantitative estimate of drug-likeness (QED) is 0.636. The lowest BCUT2D eigenvalue weighted by Gasteiger charge is -2.40. The van der Waals surface area contributed by atoms with Gasteiger partial charge < -0.3 is 10.0 Å². The molecule has 3 nitrogen and oxygen atoms in total. The van der Waals surface area contributed by atoms with E-state index in [4.69, 9.17) is 0 Å². The van der Waals surface area contributed by atoms with Gasteiger partial charge in [0.2, 0.25) is 5.91 Å². The minimum Gasteiger partial charge on any atom is -0.391 e. The van der Waals surface area contributed by atoms with Crippen LogP contribution in [0.5, 0.6) is 0 Å². The first-order valence-corrected chi connectivity index (χ1v) is 5.25. The Morgan fingerprint density at radius 3 is 2.86 bits per heavy atom. The molecule has 1 saturated heterocycles. The van der Waals surface area contributed by atoms with Crippen molar-refractivity contribution in [2.24, 2.45) is 0 Å². The van der Waals surface area contributed by atoms with Crippen LogP contribution in [0.1, 0.15) is 32.6 Å². The van der Waals surface area contributed by atoms with Crippen molar-refractivity contribution in [1.29, 1.82) is 0 Å². The molecule has 0 saturated carbocycles. The van der Waals surface area contributed by atoms with Gasteiger partial charge in [0.05, 0.1) is 12.5 Å². The first kappa shape index (κ1) is 9.71. The third-order valence-corrected chi connectivity index (χ3v) is 3.33. The molecule has 2 unspecified atom stereocenters. The molecule has 1 aliphatic heterocycles. The molecule has 2 rings (SSSR count). The summed E-state index contributed by atoms with van der Waals surface area (Å²) in [6, 6.07) is 0. The Balaban J connectivity index is 2.13. The number of likely N-dealkylation sites (tertiary alicyclic amines) is 1. The predicted octanol–water partition coefficient (Wildman–Crippen LogP) is 1.08. The number of aliphatic hydroxyl groups is 1. The molecular weight excluding hydrogens is 178 g/mol. The number of carbonyl (C=O) groups excluding carboxylic acids is 1. The Kier molecular flexibility index (Phi) is 2.35. The van der Waals surface area contributed by atoms with Crippen molar-refractivity contribution in [2.45, 2.75) is 44.2 Å². The highest BCUT2D eigenvalue weighted by atomic mass is 16.3. The van der Waals surface area contributed by atoms with Crippen LogP contribution in [0.4, 0.5) is 0 Å². The Hall–Kier alpha value is -0.830. The molecule has 1 fully saturated rings. The average Bonchev–Trinajstić information content (AvgIpc) is 2.47. The minimum atomic E-state index is -0.453. The lowest BCUT2D eigenvalue weighted by Crippen LogP contribution is -2.48. The van der Waals surface area contributed by atoms with E-state index in [0.29, 0.717) is 13.0 Å². The van der Waals surface area contributed by atoms with E-state index in [1.54, 1.807) is 0 Å². The molecule has 3 heteroatoms. The smallest absolute Gasteiger partial charge is 0.225 e. The SMILES string of the molecule is CC1(N2CC(O)CC2=O)CC=CCC1. The molecule has 2 atom stereocenters. The largest absolute Gasteiger partial charge is 0.391 e. The maximum atomic E-state index is 11.6. The molecule has 1 amide bonds. The number of nitrogens with zero attached hydrogens (tertiary/aromatic N) is 1. The van der Waals surface area contributed by atoms with Crippen LogP contribution >= 0.6 is 0 Å². The van der Waals surface area contributed by atoms with E-state index in [2.05, 4.69) is 19.1 Å². The highest BCUT2D eigenvalue weighted by molar-refractivity contribution is 5.80. The Morgan fingerprint density at radius 2 is 2.36 bits per heavy atom. The van der Waals surface area contributed by atoms with Crippen LogP contribution in [0.3, 0.4) is 0 Å². The van der Waals surface area contributed by atoms with Crippen molar-refractivity contribution in [1.82, 2.24) is 4.90 Å². The number of hydrogen-bond acceptors (Lipinski definition) is 2. The van der Waals surface area contributed by atoms with Gasteiger partial charge in [-0.05, 0) is 26.2 Å². The van der Waals surface area contributed by atoms with E-state index >= 15 is 0 Å². The van der Waals surface area contributed by atoms with Gasteiger partial charge in [-0.3, -0.25) is 4.79 Å². The van der Waals surface area contributed by atoms with Crippen molar-refractivity contribution < 1.29 is 9.90 Å². The number of β-amino-alcohol motifs (C(OH)–C–C–N with tert-alkyl or cyclic N) is 1. The second kappa shape index (κ2) is 3.39. The van der Waals surface area contributed by atoms with Gasteiger partial charge in [0.25, 0.3) is 0 Å². The lowest BCUT2D eigenvalue weighted by atomic mass is 9.86. The molecule has 14 heavy (non-hydrogen) atoms. The summed E-state index contributed by atoms with van der Waals surface area (Å²) in [7, 11) is 0. The zero-order valence-corrected chi connectivity index (χ0v) is 8.57. The molecule has 78 valence electrons. The summed E-state index contributed by atoms with van der Waals surface area (Å²) in [6.45, 7) is 2.63. The maximum absolute atomic E-state index is 11.6. The summed E-state index contributed by atoms with van der Waals surface area (Å²) in [4.78, 5) is 13.5. The van der Waals surface area contributed by atoms with Crippen molar-refractivity contribution in [3.63, 3.8) is 0 Å². The molecule has 0 aromatic heterocycles. The third-order valence-electron chi connectivity index (χ3n) is 3.33. The van der Waals surface area contributed by atoms with E-state index < -0.39 is 6.10 Å². The van der Waals surface area contributed by atoms with Gasteiger partial charge in [0.1, 0.15) is 0 Å². The first-order valence-electron chi connectivity index (χ1n) is 5.25. The second-order valence-corrected chi connectivity index (χ2v) is 4.57. The molecule has 0 radical (unpaired) electrons. The van der Waals surface area contributed by atoms with E-state index in [1.165, 1.54) is 0 Å². The molecule has 0 aromatic carbocycles. The molecule has 1 aliphatic carbocycles. The maximum Gasteiger partial charge on any atom is 0.225 e. The normalized spacial score (nSPS) is 38.0. The van der Waals surface area contributed by atoms with Gasteiger partial charge in [-0.2, -0.15) is 0 Å². The molecule has 0 aromatic rings. The number of hydrogen-bond donors (Lipinski definition) is 1. The summed E-state index contributed by atoms with van der Waals surface area (Å²) in [6.07, 6.45) is 7.13. The Bertz CT molecular complexity index is 274. The summed E-state index contributed by atoms with van der Waals surface area (Å²) < 4.78 is 0. The van der Waals surface area contributed by atoms with Crippen molar-refractivity contribution in [3.05, 3.63) is 12.2 Å². The van der Waals surface area contributed by atoms with E-state index in [9.17, 15) is 9.90 Å². The summed E-state index contributed by atoms with van der Waals surface area (Å²) in [5.74, 6) is 0.107. The summed E-state index contributed by atoms with van der Waals surface area (Å²) >= 11 is 0. The fourth-order valence-corrected chi connectivity index (χ4v) is 2.41. The van der Waals surface area contributed by atoms with E-state index in [-0.39, 0.29) is 11.4 Å². The minimum absolute atomic E-state index is 0.0523. The van der Waals surface area contributed by atoms with Crippen molar-refractivity contribution in [3.8, 4) is 0 Å². The average molecular weight is 195 g/mol. The van der Waals surface area contributed by atoms with E-state index in [0.717, 1.165) is 19.3 Å². The summed E-state index contributed by atoms with van der Waals surface area (Å²) in [5, 5.41) is 9.43. The van der Waals surface area contributed by atoms with Crippen molar-refractivity contribution in [2.75, 3.05) is 6.54 Å². The molecule has 0 bridgehead atoms. The standard InChI is InChI=1S/C11H17NO2/c1-11(5-3-2-4-6-11)12-8-9(13)7-10(12)14/h2-3,9,13H,4-8H2,1H3. The van der Waals surface area contributed by atoms with E-state index in [1.807, 2.05) is 4.90 Å². The topological polar surface area (TPSA) is 40.5 Å². The van der Waals surface area contributed by atoms with Crippen LogP contribution in [0.25, 0.3) is 0 Å². The van der Waals surface area contributed by atoms with Gasteiger partial charge in [-0.1, -0.05) is 12.2 Å². The lowest BCUT2D eigenvalue weighted by molar-refractivity contribution is -0.133. The van der Waals surface area contributed by atoms with Gasteiger partial charge in [-0.25, -0.2) is 0 Å². The van der Waals surface area contributed by atoms with Gasteiger partial charge >= 0.3 is 0 Å². The molecule has 1 heterocycles. The zero-order valence-electron chi connectivity index (χ0n) is 8.57. The monoisotopic (exact) mass is 195 g/mol. The van der Waals surface area contributed by atoms with Crippen LogP contribution in [-0.4, -0.2) is 34.1 Å². The van der Waals surface area contributed by atoms with Gasteiger partial charge in [0, 0.05) is 12.1 Å². The summed E-state index contributed by atoms with van der Waals surface area (Å²) in [5.41, 5.74) is -0.0523. The number of carbonyl (C=O) groups is 1. The Morgan fingerprint density at radius 1 is 1.57 bits per heavy atom. The van der Waals surface area contributed by atoms with Crippen molar-refractivity contribution >= 4 is 5.91 Å². The van der Waals surface area contributed by atoms with Crippen LogP contribution in [0, 0.1) is 0 Å². The van der Waals surface area contributed by atoms with Gasteiger partial charge in [0.15, 0.2) is 0 Å². The predicted molar refractivity (Wildman–Crippen MR) is 53.7 cm³/mol. The highest BCUT2D eigenvalue weighted by Gasteiger charge is 2.40. The number of aliphatic hydroxyl groups excluding tert-OH is 1. The Labute approximate surface area is 84.4 Å². The number of allylic oxidation sites excluding steroid dienone is 1. The molecular formula is C11H17NO2. The number of amides is 1. The highest BCUT2D eigenvalue weighted by Crippen LogP contribution is 2.32. The molecule has 1 N–H and O–H groups in total. The third kappa shape index (κ3) is 1.57. The molecule has 0 spiro atoms. The fraction of sp³-hybridized carbons (Fsp3) is 0.727. The number of rotatable bonds is 1.